The summed E-state index contributed by atoms with van der Waals surface area (Å²) in [5.41, 5.74) is 10.9. The van der Waals surface area contributed by atoms with Crippen molar-refractivity contribution in [3.8, 4) is 34.2 Å². The van der Waals surface area contributed by atoms with Gasteiger partial charge in [0.1, 0.15) is 0 Å². The average Bonchev–Trinajstić information content (AvgIpc) is 3.49. The lowest BCUT2D eigenvalue weighted by molar-refractivity contribution is 0.575. The summed E-state index contributed by atoms with van der Waals surface area (Å²) in [7, 11) is 0. The van der Waals surface area contributed by atoms with Crippen molar-refractivity contribution in [3.63, 3.8) is 0 Å². The smallest absolute Gasteiger partial charge is 0.160 e. The first kappa shape index (κ1) is 69.4. The Kier molecular flexibility index (Phi) is 38.1. The number of aromatic nitrogens is 6. The molecular weight excluding hydrogens is 1050 g/mol. The van der Waals surface area contributed by atoms with E-state index in [1.807, 2.05) is 37.2 Å². The molecule has 0 spiro atoms. The lowest BCUT2D eigenvalue weighted by Gasteiger charge is -2.08. The molecule has 0 aliphatic carbocycles. The molecule has 3 aromatic carbocycles. The van der Waals surface area contributed by atoms with Gasteiger partial charge in [0.25, 0.3) is 0 Å². The van der Waals surface area contributed by atoms with E-state index in [2.05, 4.69) is 164 Å². The van der Waals surface area contributed by atoms with Gasteiger partial charge in [-0.1, -0.05) is 214 Å². The Labute approximate surface area is 511 Å². The minimum Gasteiger partial charge on any atom is -0.236 e. The number of nitrogens with zero attached hydrogens (tertiary/aromatic N) is 6. The van der Waals surface area contributed by atoms with Crippen LogP contribution < -0.4 is 0 Å². The van der Waals surface area contributed by atoms with Crippen LogP contribution in [0.1, 0.15) is 268 Å². The monoisotopic (exact) mass is 1150 g/mol. The molecular formula is C72H108N6S3. The second-order valence-corrected chi connectivity index (χ2v) is 24.2. The Morgan fingerprint density at radius 3 is 0.642 bits per heavy atom. The van der Waals surface area contributed by atoms with Crippen LogP contribution in [0.25, 0.3) is 34.2 Å². The zero-order chi connectivity index (χ0) is 58.0. The highest BCUT2D eigenvalue weighted by Crippen LogP contribution is 2.29. The lowest BCUT2D eigenvalue weighted by Crippen LogP contribution is -1.95. The predicted molar refractivity (Wildman–Crippen MR) is 359 cm³/mol. The Morgan fingerprint density at radius 2 is 0.420 bits per heavy atom. The van der Waals surface area contributed by atoms with Gasteiger partial charge in [0.2, 0.25) is 0 Å². The highest BCUT2D eigenvalue weighted by Gasteiger charge is 2.11. The first-order chi connectivity index (χ1) is 39.7. The molecule has 6 aromatic rings. The molecule has 3 heterocycles. The van der Waals surface area contributed by atoms with E-state index in [-0.39, 0.29) is 0 Å². The molecule has 3 aromatic heterocycles. The Bertz CT molecular complexity index is 2510. The summed E-state index contributed by atoms with van der Waals surface area (Å²) in [4.78, 5) is 30.5. The fourth-order valence-corrected chi connectivity index (χ4v) is 11.3. The predicted octanol–water partition coefficient (Wildman–Crippen LogP) is 22.4. The molecule has 6 rings (SSSR count). The van der Waals surface area contributed by atoms with Gasteiger partial charge < -0.3 is 0 Å². The van der Waals surface area contributed by atoms with Crippen molar-refractivity contribution in [3.05, 3.63) is 125 Å². The minimum atomic E-state index is 0.779. The van der Waals surface area contributed by atoms with Crippen molar-refractivity contribution in [1.29, 1.82) is 0 Å². The van der Waals surface area contributed by atoms with Crippen LogP contribution in [0.15, 0.2) is 106 Å². The van der Waals surface area contributed by atoms with Crippen LogP contribution in [-0.2, 0) is 38.5 Å². The molecule has 0 radical (unpaired) electrons. The van der Waals surface area contributed by atoms with Gasteiger partial charge in [0.05, 0.1) is 0 Å². The summed E-state index contributed by atoms with van der Waals surface area (Å²) in [6.45, 7) is 13.5. The van der Waals surface area contributed by atoms with Gasteiger partial charge in [0.15, 0.2) is 17.5 Å². The summed E-state index contributed by atoms with van der Waals surface area (Å²) in [5, 5.41) is 0. The molecule has 0 N–H and O–H groups in total. The molecule has 0 saturated carbocycles. The molecule has 0 saturated heterocycles. The maximum Gasteiger partial charge on any atom is 0.160 e. The van der Waals surface area contributed by atoms with E-state index in [9.17, 15) is 0 Å². The summed E-state index contributed by atoms with van der Waals surface area (Å²) >= 11 is 14.0. The number of hydrogen-bond acceptors (Lipinski definition) is 9. The van der Waals surface area contributed by atoms with E-state index in [1.165, 1.54) is 226 Å². The van der Waals surface area contributed by atoms with Crippen LogP contribution in [-0.4, -0.2) is 29.9 Å². The summed E-state index contributed by atoms with van der Waals surface area (Å²) < 4.78 is 0. The van der Waals surface area contributed by atoms with Crippen LogP contribution in [0, 0.1) is 0 Å². The zero-order valence-electron chi connectivity index (χ0n) is 51.6. The number of unbranched alkanes of at least 4 members (excludes halogenated alkanes) is 24. The highest BCUT2D eigenvalue weighted by atomic mass is 32.1. The molecule has 0 aliphatic heterocycles. The Morgan fingerprint density at radius 1 is 0.235 bits per heavy atom. The number of rotatable bonds is 39. The molecule has 0 amide bonds. The third-order valence-corrected chi connectivity index (χ3v) is 16.5. The second kappa shape index (κ2) is 44.5. The second-order valence-electron chi connectivity index (χ2n) is 22.8. The topological polar surface area (TPSA) is 77.3 Å². The number of thiol groups is 3. The largest absolute Gasteiger partial charge is 0.236 e. The van der Waals surface area contributed by atoms with Crippen LogP contribution >= 0.6 is 37.9 Å². The molecule has 0 unspecified atom stereocenters. The van der Waals surface area contributed by atoms with Gasteiger partial charge in [0, 0.05) is 68.6 Å². The number of hydrogen-bond donors (Lipinski definition) is 3. The molecule has 0 aliphatic rings. The Hall–Kier alpha value is -4.05. The summed E-state index contributed by atoms with van der Waals surface area (Å²) in [5.74, 6) is 2.34. The number of benzene rings is 3. The van der Waals surface area contributed by atoms with Gasteiger partial charge in [-0.15, -0.1) is 37.9 Å². The van der Waals surface area contributed by atoms with Gasteiger partial charge in [-0.05, 0) is 147 Å². The third-order valence-electron chi connectivity index (χ3n) is 15.4. The van der Waals surface area contributed by atoms with Gasteiger partial charge in [-0.2, -0.15) is 0 Å². The first-order valence-electron chi connectivity index (χ1n) is 32.6. The van der Waals surface area contributed by atoms with Crippen LogP contribution in [0.3, 0.4) is 0 Å². The SMILES string of the molecule is CCCCCCCCCCc1cnc(-c2ccc(CCCCC)cc2S)nc1.CCCCCCCCCc1cnc(-c2ccc(CCCCC)cc2S)nc1.CCCCCCCCc1cnc(-c2ccc(CCCCC)cc2S)nc1. The van der Waals surface area contributed by atoms with Crippen LogP contribution in [0.2, 0.25) is 0 Å². The molecule has 81 heavy (non-hydrogen) atoms. The fourth-order valence-electron chi connectivity index (χ4n) is 10.2. The van der Waals surface area contributed by atoms with Crippen molar-refractivity contribution in [2.45, 2.75) is 287 Å². The maximum absolute atomic E-state index is 4.68. The van der Waals surface area contributed by atoms with E-state index >= 15 is 0 Å². The van der Waals surface area contributed by atoms with Crippen molar-refractivity contribution in [1.82, 2.24) is 29.9 Å². The van der Waals surface area contributed by atoms with E-state index in [4.69, 9.17) is 0 Å². The normalized spacial score (nSPS) is 11.1. The summed E-state index contributed by atoms with van der Waals surface area (Å²) in [6, 6.07) is 19.5. The minimum absolute atomic E-state index is 0.779. The van der Waals surface area contributed by atoms with Crippen LogP contribution in [0.5, 0.6) is 0 Å². The van der Waals surface area contributed by atoms with Crippen molar-refractivity contribution in [2.24, 2.45) is 0 Å². The van der Waals surface area contributed by atoms with Crippen molar-refractivity contribution >= 4 is 37.9 Å². The maximum atomic E-state index is 4.68. The van der Waals surface area contributed by atoms with Crippen molar-refractivity contribution in [2.75, 3.05) is 0 Å². The van der Waals surface area contributed by atoms with Crippen LogP contribution in [0.4, 0.5) is 0 Å². The quantitative estimate of drug-likeness (QED) is 0.0264. The number of aryl methyl sites for hydroxylation is 6. The van der Waals surface area contributed by atoms with E-state index in [1.54, 1.807) is 0 Å². The third kappa shape index (κ3) is 29.4. The average molecular weight is 1150 g/mol. The molecule has 0 fully saturated rings. The molecule has 0 bridgehead atoms. The van der Waals surface area contributed by atoms with Crippen molar-refractivity contribution < 1.29 is 0 Å². The van der Waals surface area contributed by atoms with E-state index in [0.717, 1.165) is 87.4 Å². The standard InChI is InChI=1S/C25H38N2S.C24H36N2S.C23H34N2S/c1-3-5-7-8-9-10-11-13-15-22-19-26-25(27-20-22)23-17-16-21(18-24(23)28)14-12-6-4-2;1-3-5-7-8-9-10-12-14-21-18-25-24(26-19-21)22-16-15-20(17-23(22)27)13-11-6-4-2;1-3-5-7-8-9-11-13-20-17-24-23(25-18-20)21-15-14-19(16-22(21)26)12-10-6-4-2/h16-20,28H,3-15H2,1-2H3;15-19,27H,3-14H2,1-2H3;14-18,26H,3-13H2,1-2H3. The zero-order valence-corrected chi connectivity index (χ0v) is 54.3. The molecule has 9 heteroatoms. The first-order valence-corrected chi connectivity index (χ1v) is 34.0. The van der Waals surface area contributed by atoms with E-state index < -0.39 is 0 Å². The van der Waals surface area contributed by atoms with Gasteiger partial charge in [-0.3, -0.25) is 0 Å². The fraction of sp³-hybridized carbons (Fsp3) is 0.583. The van der Waals surface area contributed by atoms with E-state index in [0.29, 0.717) is 0 Å². The highest BCUT2D eigenvalue weighted by molar-refractivity contribution is 7.80. The summed E-state index contributed by atoms with van der Waals surface area (Å²) in [6.07, 6.45) is 58.0. The molecule has 0 atom stereocenters. The molecule has 444 valence electrons. The molecule has 6 nitrogen and oxygen atoms in total. The lowest BCUT2D eigenvalue weighted by atomic mass is 10.0. The van der Waals surface area contributed by atoms with Gasteiger partial charge >= 0.3 is 0 Å². The Balaban J connectivity index is 0.000000262. The van der Waals surface area contributed by atoms with Gasteiger partial charge in [-0.25, -0.2) is 29.9 Å².